The minimum absolute atomic E-state index is 0.0348. The van der Waals surface area contributed by atoms with Gasteiger partial charge >= 0.3 is 6.18 Å². The molecular weight excluding hydrogens is 616 g/mol. The minimum Gasteiger partial charge on any atom is -0.339 e. The van der Waals surface area contributed by atoms with Crippen LogP contribution in [0.2, 0.25) is 0 Å². The van der Waals surface area contributed by atoms with Gasteiger partial charge in [-0.2, -0.15) is 18.3 Å². The summed E-state index contributed by atoms with van der Waals surface area (Å²) < 4.78 is 57.7. The molecule has 244 valence electrons. The molecule has 0 radical (unpaired) electrons. The zero-order chi connectivity index (χ0) is 33.9. The van der Waals surface area contributed by atoms with Crippen LogP contribution < -0.4 is 15.5 Å². The van der Waals surface area contributed by atoms with Gasteiger partial charge < -0.3 is 15.5 Å². The van der Waals surface area contributed by atoms with E-state index in [4.69, 9.17) is 0 Å². The first kappa shape index (κ1) is 33.1. The Labute approximate surface area is 268 Å². The fraction of sp³-hybridized carbons (Fsp3) is 0.235. The molecule has 0 saturated heterocycles. The van der Waals surface area contributed by atoms with E-state index in [1.54, 1.807) is 37.3 Å². The third-order valence-electron chi connectivity index (χ3n) is 7.62. The number of nitrogens with one attached hydrogen (secondary N) is 2. The van der Waals surface area contributed by atoms with Crippen LogP contribution in [0.3, 0.4) is 0 Å². The van der Waals surface area contributed by atoms with Gasteiger partial charge in [-0.25, -0.2) is 9.07 Å². The van der Waals surface area contributed by atoms with Crippen molar-refractivity contribution >= 4 is 29.2 Å². The first-order chi connectivity index (χ1) is 22.4. The van der Waals surface area contributed by atoms with Gasteiger partial charge in [-0.05, 0) is 69.6 Å². The van der Waals surface area contributed by atoms with Gasteiger partial charge in [0.15, 0.2) is 0 Å². The Morgan fingerprint density at radius 3 is 2.43 bits per heavy atom. The summed E-state index contributed by atoms with van der Waals surface area (Å²) in [4.78, 5) is 43.5. The van der Waals surface area contributed by atoms with Crippen LogP contribution in [-0.4, -0.2) is 65.6 Å². The van der Waals surface area contributed by atoms with E-state index >= 15 is 4.39 Å². The number of fused-ring (bicyclic) bond motifs is 1. The predicted molar refractivity (Wildman–Crippen MR) is 169 cm³/mol. The lowest BCUT2D eigenvalue weighted by atomic mass is 9.81. The van der Waals surface area contributed by atoms with Gasteiger partial charge in [-0.3, -0.25) is 19.3 Å². The molecule has 0 aliphatic carbocycles. The van der Waals surface area contributed by atoms with Gasteiger partial charge in [0.25, 0.3) is 11.8 Å². The normalized spacial score (nSPS) is 16.4. The molecule has 0 spiro atoms. The van der Waals surface area contributed by atoms with Crippen molar-refractivity contribution in [3.05, 3.63) is 119 Å². The first-order valence-corrected chi connectivity index (χ1v) is 14.7. The van der Waals surface area contributed by atoms with Gasteiger partial charge in [0.05, 0.1) is 17.4 Å². The highest BCUT2D eigenvalue weighted by Gasteiger charge is 2.45. The second kappa shape index (κ2) is 13.6. The van der Waals surface area contributed by atoms with E-state index in [1.165, 1.54) is 40.1 Å². The van der Waals surface area contributed by atoms with Crippen molar-refractivity contribution in [2.45, 2.75) is 25.1 Å². The molecule has 3 aromatic carbocycles. The van der Waals surface area contributed by atoms with Crippen molar-refractivity contribution in [1.29, 1.82) is 0 Å². The highest BCUT2D eigenvalue weighted by Crippen LogP contribution is 2.43. The molecule has 0 unspecified atom stereocenters. The second-order valence-electron chi connectivity index (χ2n) is 11.2. The van der Waals surface area contributed by atoms with Crippen LogP contribution in [0.15, 0.2) is 91.1 Å². The van der Waals surface area contributed by atoms with Crippen LogP contribution in [0, 0.1) is 5.82 Å². The average molecular weight is 649 g/mol. The number of hydrogen-bond donors (Lipinski definition) is 2. The summed E-state index contributed by atoms with van der Waals surface area (Å²) in [7, 11) is 3.69. The maximum absolute atomic E-state index is 15.8. The minimum atomic E-state index is -4.70. The molecule has 1 aromatic heterocycles. The van der Waals surface area contributed by atoms with Crippen molar-refractivity contribution in [1.82, 2.24) is 20.0 Å². The molecule has 4 aromatic rings. The van der Waals surface area contributed by atoms with Gasteiger partial charge in [-0.15, -0.1) is 0 Å². The van der Waals surface area contributed by atoms with E-state index in [-0.39, 0.29) is 23.4 Å². The number of alkyl halides is 3. The van der Waals surface area contributed by atoms with Crippen LogP contribution >= 0.6 is 0 Å². The maximum atomic E-state index is 15.8. The quantitative estimate of drug-likeness (QED) is 0.188. The predicted octanol–water partition coefficient (Wildman–Crippen LogP) is 5.38. The average Bonchev–Trinajstić information content (AvgIpc) is 3.47. The highest BCUT2D eigenvalue weighted by molar-refractivity contribution is 6.05. The van der Waals surface area contributed by atoms with E-state index in [0.717, 1.165) is 18.2 Å². The molecule has 5 rings (SSSR count). The molecule has 2 atom stereocenters. The number of para-hydroxylation sites is 1. The summed E-state index contributed by atoms with van der Waals surface area (Å²) in [6, 6.07) is 15.2. The van der Waals surface area contributed by atoms with Crippen LogP contribution in [-0.2, 0) is 15.8 Å². The van der Waals surface area contributed by atoms with E-state index in [2.05, 4.69) is 15.7 Å². The molecule has 0 saturated carbocycles. The number of halogens is 4. The van der Waals surface area contributed by atoms with E-state index < -0.39 is 47.2 Å². The number of aromatic nitrogens is 2. The number of nitrogens with zero attached hydrogens (tertiary/aromatic N) is 4. The number of benzene rings is 3. The molecule has 47 heavy (non-hydrogen) atoms. The summed E-state index contributed by atoms with van der Waals surface area (Å²) in [5, 5.41) is 9.79. The molecule has 13 heteroatoms. The fourth-order valence-corrected chi connectivity index (χ4v) is 5.47. The largest absolute Gasteiger partial charge is 0.416 e. The molecule has 2 heterocycles. The lowest BCUT2D eigenvalue weighted by Gasteiger charge is -2.38. The maximum Gasteiger partial charge on any atom is 0.416 e. The summed E-state index contributed by atoms with van der Waals surface area (Å²) in [6.45, 7) is 2.38. The van der Waals surface area contributed by atoms with Crippen LogP contribution in [0.25, 0.3) is 5.69 Å². The smallest absolute Gasteiger partial charge is 0.339 e. The third-order valence-corrected chi connectivity index (χ3v) is 7.62. The number of rotatable bonds is 9. The molecule has 1 aliphatic heterocycles. The molecule has 0 fully saturated rings. The summed E-state index contributed by atoms with van der Waals surface area (Å²) in [5.41, 5.74) is -0.161. The number of likely N-dealkylation sites (N-methyl/N-ethyl adjacent to an activating group) is 2. The molecule has 1 aliphatic rings. The number of carbonyl (C=O) groups excluding carboxylic acids is 3. The van der Waals surface area contributed by atoms with Gasteiger partial charge in [0, 0.05) is 47.5 Å². The monoisotopic (exact) mass is 648 g/mol. The Hall–Kier alpha value is -5.30. The Balaban J connectivity index is 1.61. The number of amides is 3. The van der Waals surface area contributed by atoms with Crippen molar-refractivity contribution in [2.75, 3.05) is 37.4 Å². The zero-order valence-electron chi connectivity index (χ0n) is 25.8. The third kappa shape index (κ3) is 7.09. The summed E-state index contributed by atoms with van der Waals surface area (Å²) in [6.07, 6.45) is -0.232. The second-order valence-corrected chi connectivity index (χ2v) is 11.2. The van der Waals surface area contributed by atoms with E-state index in [1.807, 2.05) is 25.1 Å². The van der Waals surface area contributed by atoms with E-state index in [0.29, 0.717) is 29.7 Å². The topological polar surface area (TPSA) is 99.6 Å². The lowest BCUT2D eigenvalue weighted by molar-refractivity contribution is -0.137. The zero-order valence-corrected chi connectivity index (χ0v) is 25.8. The Kier molecular flexibility index (Phi) is 9.56. The molecule has 9 nitrogen and oxygen atoms in total. The first-order valence-electron chi connectivity index (χ1n) is 14.7. The van der Waals surface area contributed by atoms with Crippen LogP contribution in [0.5, 0.6) is 0 Å². The van der Waals surface area contributed by atoms with Crippen molar-refractivity contribution in [2.24, 2.45) is 0 Å². The van der Waals surface area contributed by atoms with Crippen LogP contribution in [0.1, 0.15) is 39.9 Å². The number of carbonyl (C=O) groups is 3. The van der Waals surface area contributed by atoms with Crippen LogP contribution in [0.4, 0.5) is 29.1 Å². The van der Waals surface area contributed by atoms with Gasteiger partial charge in [-0.1, -0.05) is 30.3 Å². The number of anilines is 2. The SMILES string of the molecule is CCN1C(=O)[C@@H](NC(=O)c2cccc(C(F)(F)F)c2)[C@@H](c2cc(NC(=O)/C=C/CN(C)C)ccc2F)c2cnn(-c3ccccc3)c21. The standard InChI is InChI=1S/C34H32F4N6O3/c1-4-43-32-26(20-39-44(32)24-12-6-5-7-13-24)29(25-19-23(15-16-27(25)35)40-28(45)14-9-17-42(2)3)30(33(43)47)41-31(46)21-10-8-11-22(18-21)34(36,37)38/h5-16,18-20,29-30H,4,17H2,1-3H3,(H,40,45)(H,41,46)/b14-9+/t29-,30-/m0/s1. The fourth-order valence-electron chi connectivity index (χ4n) is 5.47. The lowest BCUT2D eigenvalue weighted by Crippen LogP contribution is -2.55. The summed E-state index contributed by atoms with van der Waals surface area (Å²) in [5.74, 6) is -3.60. The molecular formula is C34H32F4N6O3. The number of hydrogen-bond acceptors (Lipinski definition) is 5. The Morgan fingerprint density at radius 1 is 1.00 bits per heavy atom. The molecule has 3 amide bonds. The van der Waals surface area contributed by atoms with E-state index in [9.17, 15) is 27.6 Å². The van der Waals surface area contributed by atoms with Crippen molar-refractivity contribution < 1.29 is 31.9 Å². The summed E-state index contributed by atoms with van der Waals surface area (Å²) >= 11 is 0. The Bertz CT molecular complexity index is 1820. The molecule has 2 N–H and O–H groups in total. The van der Waals surface area contributed by atoms with Crippen molar-refractivity contribution in [3.63, 3.8) is 0 Å². The highest BCUT2D eigenvalue weighted by atomic mass is 19.4. The van der Waals surface area contributed by atoms with Crippen molar-refractivity contribution in [3.8, 4) is 5.69 Å². The van der Waals surface area contributed by atoms with Gasteiger partial charge in [0.2, 0.25) is 5.91 Å². The molecule has 0 bridgehead atoms. The Morgan fingerprint density at radius 2 is 1.74 bits per heavy atom. The van der Waals surface area contributed by atoms with Gasteiger partial charge in [0.1, 0.15) is 17.7 Å².